The van der Waals surface area contributed by atoms with Gasteiger partial charge in [0.2, 0.25) is 0 Å². The van der Waals surface area contributed by atoms with Crippen LogP contribution in [0.3, 0.4) is 0 Å². The standard InChI is InChI=1S/C11H15F2NO2/c12-11(13,8-16)10(7-15)14-6-9-4-2-1-3-5-9/h1-5,10,14-16H,6-8H2/t10-/m0/s1. The molecule has 0 amide bonds. The Bertz CT molecular complexity index is 306. The van der Waals surface area contributed by atoms with Gasteiger partial charge in [0.15, 0.2) is 0 Å². The van der Waals surface area contributed by atoms with E-state index in [4.69, 9.17) is 10.2 Å². The highest BCUT2D eigenvalue weighted by Crippen LogP contribution is 2.17. The molecule has 90 valence electrons. The molecule has 3 nitrogen and oxygen atoms in total. The summed E-state index contributed by atoms with van der Waals surface area (Å²) in [6.45, 7) is -1.78. The van der Waals surface area contributed by atoms with Gasteiger partial charge in [-0.3, -0.25) is 0 Å². The molecule has 0 radical (unpaired) electrons. The van der Waals surface area contributed by atoms with E-state index < -0.39 is 25.2 Å². The molecule has 0 bridgehead atoms. The first-order valence-electron chi connectivity index (χ1n) is 4.97. The van der Waals surface area contributed by atoms with Crippen molar-refractivity contribution >= 4 is 0 Å². The van der Waals surface area contributed by atoms with E-state index in [9.17, 15) is 8.78 Å². The van der Waals surface area contributed by atoms with E-state index in [1.54, 1.807) is 24.3 Å². The van der Waals surface area contributed by atoms with Gasteiger partial charge < -0.3 is 15.5 Å². The molecule has 16 heavy (non-hydrogen) atoms. The van der Waals surface area contributed by atoms with E-state index in [0.29, 0.717) is 0 Å². The molecule has 0 aliphatic rings. The Morgan fingerprint density at radius 1 is 1.19 bits per heavy atom. The summed E-state index contributed by atoms with van der Waals surface area (Å²) in [7, 11) is 0. The van der Waals surface area contributed by atoms with Crippen LogP contribution in [0.15, 0.2) is 30.3 Å². The number of nitrogens with one attached hydrogen (secondary N) is 1. The third-order valence-electron chi connectivity index (χ3n) is 2.30. The van der Waals surface area contributed by atoms with Crippen molar-refractivity contribution in [2.75, 3.05) is 13.2 Å². The topological polar surface area (TPSA) is 52.5 Å². The second-order valence-electron chi connectivity index (χ2n) is 3.52. The SMILES string of the molecule is OC[C@H](NCc1ccccc1)C(F)(F)CO. The molecule has 0 aliphatic carbocycles. The lowest BCUT2D eigenvalue weighted by Crippen LogP contribution is -2.49. The number of aliphatic hydroxyl groups is 2. The molecular formula is C11H15F2NO2. The Labute approximate surface area is 92.7 Å². The Morgan fingerprint density at radius 3 is 2.31 bits per heavy atom. The van der Waals surface area contributed by atoms with Gasteiger partial charge in [0, 0.05) is 6.54 Å². The van der Waals surface area contributed by atoms with Crippen molar-refractivity contribution in [3.05, 3.63) is 35.9 Å². The van der Waals surface area contributed by atoms with Crippen molar-refractivity contribution in [3.63, 3.8) is 0 Å². The minimum Gasteiger partial charge on any atom is -0.395 e. The maximum atomic E-state index is 13.0. The summed E-state index contributed by atoms with van der Waals surface area (Å²) in [5.74, 6) is -3.32. The number of halogens is 2. The molecular weight excluding hydrogens is 216 g/mol. The van der Waals surface area contributed by atoms with Crippen molar-refractivity contribution in [1.82, 2.24) is 5.32 Å². The summed E-state index contributed by atoms with van der Waals surface area (Å²) in [5.41, 5.74) is 0.842. The van der Waals surface area contributed by atoms with Crippen LogP contribution >= 0.6 is 0 Å². The average Bonchev–Trinajstić information content (AvgIpc) is 2.31. The molecule has 1 rings (SSSR count). The fourth-order valence-electron chi connectivity index (χ4n) is 1.29. The van der Waals surface area contributed by atoms with Crippen molar-refractivity contribution < 1.29 is 19.0 Å². The maximum Gasteiger partial charge on any atom is 0.287 e. The predicted octanol–water partition coefficient (Wildman–Crippen LogP) is 0.765. The third-order valence-corrected chi connectivity index (χ3v) is 2.30. The minimum atomic E-state index is -3.32. The summed E-state index contributed by atoms with van der Waals surface area (Å²) in [5, 5.41) is 19.8. The van der Waals surface area contributed by atoms with Gasteiger partial charge in [-0.05, 0) is 5.56 Å². The van der Waals surface area contributed by atoms with E-state index in [2.05, 4.69) is 5.32 Å². The Balaban J connectivity index is 2.53. The van der Waals surface area contributed by atoms with E-state index >= 15 is 0 Å². The third kappa shape index (κ3) is 3.52. The zero-order valence-corrected chi connectivity index (χ0v) is 8.74. The molecule has 0 unspecified atom stereocenters. The predicted molar refractivity (Wildman–Crippen MR) is 56.2 cm³/mol. The number of rotatable bonds is 6. The van der Waals surface area contributed by atoms with Crippen LogP contribution in [0, 0.1) is 0 Å². The van der Waals surface area contributed by atoms with E-state index in [1.807, 2.05) is 6.07 Å². The zero-order valence-electron chi connectivity index (χ0n) is 8.74. The van der Waals surface area contributed by atoms with E-state index in [0.717, 1.165) is 5.56 Å². The van der Waals surface area contributed by atoms with Crippen molar-refractivity contribution in [2.24, 2.45) is 0 Å². The lowest BCUT2D eigenvalue weighted by atomic mass is 10.1. The molecule has 0 saturated heterocycles. The number of benzene rings is 1. The van der Waals surface area contributed by atoms with Gasteiger partial charge in [0.1, 0.15) is 6.61 Å². The van der Waals surface area contributed by atoms with Crippen molar-refractivity contribution in [2.45, 2.75) is 18.5 Å². The van der Waals surface area contributed by atoms with Crippen LogP contribution in [0.1, 0.15) is 5.56 Å². The van der Waals surface area contributed by atoms with Gasteiger partial charge >= 0.3 is 0 Å². The highest BCUT2D eigenvalue weighted by atomic mass is 19.3. The molecule has 0 aliphatic heterocycles. The minimum absolute atomic E-state index is 0.224. The van der Waals surface area contributed by atoms with Gasteiger partial charge in [0.05, 0.1) is 12.6 Å². The summed E-state index contributed by atoms with van der Waals surface area (Å²) in [4.78, 5) is 0. The van der Waals surface area contributed by atoms with Gasteiger partial charge in [-0.15, -0.1) is 0 Å². The molecule has 0 fully saturated rings. The number of alkyl halides is 2. The van der Waals surface area contributed by atoms with E-state index in [-0.39, 0.29) is 6.54 Å². The Kier molecular flexibility index (Phi) is 4.79. The monoisotopic (exact) mass is 231 g/mol. The zero-order chi connectivity index (χ0) is 12.0. The number of hydrogen-bond acceptors (Lipinski definition) is 3. The number of hydrogen-bond donors (Lipinski definition) is 3. The van der Waals surface area contributed by atoms with Crippen LogP contribution in [0.5, 0.6) is 0 Å². The summed E-state index contributed by atoms with van der Waals surface area (Å²) >= 11 is 0. The van der Waals surface area contributed by atoms with Gasteiger partial charge in [-0.1, -0.05) is 30.3 Å². The van der Waals surface area contributed by atoms with Crippen LogP contribution in [0.25, 0.3) is 0 Å². The molecule has 0 aromatic heterocycles. The quantitative estimate of drug-likeness (QED) is 0.677. The Hall–Kier alpha value is -1.04. The number of aliphatic hydroxyl groups excluding tert-OH is 2. The summed E-state index contributed by atoms with van der Waals surface area (Å²) in [6.07, 6.45) is 0. The molecule has 0 spiro atoms. The highest BCUT2D eigenvalue weighted by Gasteiger charge is 2.38. The highest BCUT2D eigenvalue weighted by molar-refractivity contribution is 5.14. The first kappa shape index (κ1) is 13.0. The van der Waals surface area contributed by atoms with E-state index in [1.165, 1.54) is 0 Å². The smallest absolute Gasteiger partial charge is 0.287 e. The van der Waals surface area contributed by atoms with Gasteiger partial charge in [-0.2, -0.15) is 0 Å². The lowest BCUT2D eigenvalue weighted by molar-refractivity contribution is -0.0910. The largest absolute Gasteiger partial charge is 0.395 e. The lowest BCUT2D eigenvalue weighted by Gasteiger charge is -2.24. The van der Waals surface area contributed by atoms with Crippen molar-refractivity contribution in [3.8, 4) is 0 Å². The molecule has 0 saturated carbocycles. The summed E-state index contributed by atoms with van der Waals surface area (Å²) < 4.78 is 26.1. The normalized spacial score (nSPS) is 13.8. The van der Waals surface area contributed by atoms with Crippen LogP contribution < -0.4 is 5.32 Å². The molecule has 1 aromatic rings. The first-order valence-corrected chi connectivity index (χ1v) is 4.97. The van der Waals surface area contributed by atoms with Crippen molar-refractivity contribution in [1.29, 1.82) is 0 Å². The molecule has 3 N–H and O–H groups in total. The molecule has 1 aromatic carbocycles. The fourth-order valence-corrected chi connectivity index (χ4v) is 1.29. The first-order chi connectivity index (χ1) is 7.60. The van der Waals surface area contributed by atoms with Gasteiger partial charge in [-0.25, -0.2) is 8.78 Å². The molecule has 5 heteroatoms. The Morgan fingerprint density at radius 2 is 1.81 bits per heavy atom. The van der Waals surface area contributed by atoms with Crippen LogP contribution in [-0.4, -0.2) is 35.4 Å². The fraction of sp³-hybridized carbons (Fsp3) is 0.455. The average molecular weight is 231 g/mol. The molecule has 1 atom stereocenters. The van der Waals surface area contributed by atoms with Gasteiger partial charge in [0.25, 0.3) is 5.92 Å². The maximum absolute atomic E-state index is 13.0. The van der Waals surface area contributed by atoms with Crippen LogP contribution in [-0.2, 0) is 6.54 Å². The van der Waals surface area contributed by atoms with Crippen LogP contribution in [0.2, 0.25) is 0 Å². The second-order valence-corrected chi connectivity index (χ2v) is 3.52. The molecule has 0 heterocycles. The summed E-state index contributed by atoms with van der Waals surface area (Å²) in [6, 6.07) is 7.58. The second kappa shape index (κ2) is 5.89. The van der Waals surface area contributed by atoms with Crippen LogP contribution in [0.4, 0.5) is 8.78 Å².